The van der Waals surface area contributed by atoms with E-state index in [1.807, 2.05) is 17.8 Å². The monoisotopic (exact) mass is 542 g/mol. The van der Waals surface area contributed by atoms with Crippen molar-refractivity contribution in [1.82, 2.24) is 14.9 Å². The molecule has 0 aliphatic carbocycles. The summed E-state index contributed by atoms with van der Waals surface area (Å²) in [5.74, 6) is 1.91. The van der Waals surface area contributed by atoms with E-state index in [1.165, 1.54) is 7.11 Å². The molecule has 0 aromatic heterocycles. The van der Waals surface area contributed by atoms with Crippen molar-refractivity contribution < 1.29 is 13.2 Å². The van der Waals surface area contributed by atoms with Gasteiger partial charge in [-0.3, -0.25) is 4.99 Å². The lowest BCUT2D eigenvalue weighted by Gasteiger charge is -2.39. The second kappa shape index (κ2) is 11.6. The molecule has 1 saturated heterocycles. The van der Waals surface area contributed by atoms with Gasteiger partial charge in [-0.1, -0.05) is 12.1 Å². The number of nitrogens with zero attached hydrogens (tertiary/aromatic N) is 2. The van der Waals surface area contributed by atoms with E-state index in [2.05, 4.69) is 33.8 Å². The SMILES string of the molecule is CN=C(NCc1cccc(S(=O)(=O)NCCOC)c1)N1CCSC(C)(C)C1.I. The van der Waals surface area contributed by atoms with Gasteiger partial charge in [-0.15, -0.1) is 24.0 Å². The van der Waals surface area contributed by atoms with Gasteiger partial charge >= 0.3 is 0 Å². The second-order valence-corrected chi connectivity index (χ2v) is 10.5. The average Bonchev–Trinajstić information content (AvgIpc) is 2.62. The predicted octanol–water partition coefficient (Wildman–Crippen LogP) is 2.13. The molecule has 0 unspecified atom stereocenters. The summed E-state index contributed by atoms with van der Waals surface area (Å²) in [7, 11) is -0.223. The third kappa shape index (κ3) is 7.69. The van der Waals surface area contributed by atoms with E-state index >= 15 is 0 Å². The molecular formula is C18H31IN4O3S2. The van der Waals surface area contributed by atoms with Crippen molar-refractivity contribution in [2.24, 2.45) is 4.99 Å². The fraction of sp³-hybridized carbons (Fsp3) is 0.611. The third-order valence-electron chi connectivity index (χ3n) is 4.19. The first-order chi connectivity index (χ1) is 12.8. The molecule has 1 fully saturated rings. The molecule has 0 atom stereocenters. The summed E-state index contributed by atoms with van der Waals surface area (Å²) in [4.78, 5) is 6.90. The number of nitrogens with one attached hydrogen (secondary N) is 2. The summed E-state index contributed by atoms with van der Waals surface area (Å²) in [6.07, 6.45) is 0. The van der Waals surface area contributed by atoms with Crippen LogP contribution in [-0.2, 0) is 21.3 Å². The van der Waals surface area contributed by atoms with Crippen LogP contribution in [0.25, 0.3) is 0 Å². The number of ether oxygens (including phenoxy) is 1. The molecule has 7 nitrogen and oxygen atoms in total. The maximum Gasteiger partial charge on any atom is 0.240 e. The van der Waals surface area contributed by atoms with Crippen molar-refractivity contribution >= 4 is 51.7 Å². The Kier molecular flexibility index (Phi) is 10.5. The Morgan fingerprint density at radius 3 is 2.79 bits per heavy atom. The topological polar surface area (TPSA) is 83.0 Å². The molecular weight excluding hydrogens is 511 g/mol. The van der Waals surface area contributed by atoms with Crippen molar-refractivity contribution in [3.05, 3.63) is 29.8 Å². The molecule has 1 aliphatic rings. The highest BCUT2D eigenvalue weighted by atomic mass is 127. The fourth-order valence-electron chi connectivity index (χ4n) is 2.89. The molecule has 0 amide bonds. The van der Waals surface area contributed by atoms with Gasteiger partial charge in [0.1, 0.15) is 0 Å². The van der Waals surface area contributed by atoms with Gasteiger partial charge in [0.2, 0.25) is 10.0 Å². The van der Waals surface area contributed by atoms with Crippen LogP contribution in [0.5, 0.6) is 0 Å². The molecule has 2 N–H and O–H groups in total. The molecule has 0 saturated carbocycles. The quantitative estimate of drug-likeness (QED) is 0.238. The summed E-state index contributed by atoms with van der Waals surface area (Å²) >= 11 is 1.97. The van der Waals surface area contributed by atoms with Crippen LogP contribution in [0, 0.1) is 0 Å². The summed E-state index contributed by atoms with van der Waals surface area (Å²) in [5.41, 5.74) is 0.886. The predicted molar refractivity (Wildman–Crippen MR) is 127 cm³/mol. The van der Waals surface area contributed by atoms with Gasteiger partial charge < -0.3 is 15.0 Å². The maximum absolute atomic E-state index is 12.4. The molecule has 1 aliphatic heterocycles. The van der Waals surface area contributed by atoms with Crippen molar-refractivity contribution in [3.63, 3.8) is 0 Å². The Morgan fingerprint density at radius 1 is 1.39 bits per heavy atom. The Balaban J connectivity index is 0.00000392. The van der Waals surface area contributed by atoms with Crippen molar-refractivity contribution in [1.29, 1.82) is 0 Å². The van der Waals surface area contributed by atoms with Gasteiger partial charge in [0, 0.05) is 50.8 Å². The van der Waals surface area contributed by atoms with E-state index in [4.69, 9.17) is 4.74 Å². The standard InChI is InChI=1S/C18H30N4O3S2.HI/c1-18(2)14-22(9-11-26-18)17(19-3)20-13-15-6-5-7-16(12-15)27(23,24)21-8-10-25-4;/h5-7,12,21H,8-11,13-14H2,1-4H3,(H,19,20);1H. The second-order valence-electron chi connectivity index (χ2n) is 6.97. The van der Waals surface area contributed by atoms with Crippen LogP contribution in [0.4, 0.5) is 0 Å². The Labute approximate surface area is 190 Å². The zero-order chi connectivity index (χ0) is 19.9. The van der Waals surface area contributed by atoms with Gasteiger partial charge in [0.05, 0.1) is 11.5 Å². The number of rotatable bonds is 7. The Bertz CT molecular complexity index is 757. The van der Waals surface area contributed by atoms with Gasteiger partial charge in [-0.2, -0.15) is 11.8 Å². The lowest BCUT2D eigenvalue weighted by atomic mass is 10.2. The van der Waals surface area contributed by atoms with Crippen LogP contribution >= 0.6 is 35.7 Å². The number of sulfonamides is 1. The lowest BCUT2D eigenvalue weighted by molar-refractivity contribution is 0.204. The molecule has 1 heterocycles. The van der Waals surface area contributed by atoms with Crippen LogP contribution in [0.15, 0.2) is 34.2 Å². The van der Waals surface area contributed by atoms with E-state index in [-0.39, 0.29) is 40.2 Å². The van der Waals surface area contributed by atoms with E-state index in [9.17, 15) is 8.42 Å². The summed E-state index contributed by atoms with van der Waals surface area (Å²) in [5, 5.41) is 3.36. The molecule has 2 rings (SSSR count). The third-order valence-corrected chi connectivity index (χ3v) is 6.95. The van der Waals surface area contributed by atoms with E-state index < -0.39 is 10.0 Å². The van der Waals surface area contributed by atoms with Crippen LogP contribution < -0.4 is 10.0 Å². The minimum absolute atomic E-state index is 0. The number of hydrogen-bond donors (Lipinski definition) is 2. The lowest BCUT2D eigenvalue weighted by Crippen LogP contribution is -2.50. The first kappa shape index (κ1) is 25.5. The van der Waals surface area contributed by atoms with Crippen molar-refractivity contribution in [2.75, 3.05) is 46.2 Å². The van der Waals surface area contributed by atoms with Gasteiger partial charge in [-0.25, -0.2) is 13.1 Å². The molecule has 1 aromatic carbocycles. The van der Waals surface area contributed by atoms with Crippen molar-refractivity contribution in [3.8, 4) is 0 Å². The van der Waals surface area contributed by atoms with Crippen LogP contribution in [-0.4, -0.2) is 70.2 Å². The summed E-state index contributed by atoms with van der Waals surface area (Å²) in [6, 6.07) is 6.94. The molecule has 0 bridgehead atoms. The van der Waals surface area contributed by atoms with Gasteiger partial charge in [0.15, 0.2) is 5.96 Å². The van der Waals surface area contributed by atoms with Crippen molar-refractivity contribution in [2.45, 2.75) is 30.0 Å². The zero-order valence-corrected chi connectivity index (χ0v) is 20.9. The smallest absolute Gasteiger partial charge is 0.240 e. The number of benzene rings is 1. The molecule has 28 heavy (non-hydrogen) atoms. The van der Waals surface area contributed by atoms with E-state index in [0.29, 0.717) is 13.2 Å². The molecule has 0 spiro atoms. The number of hydrogen-bond acceptors (Lipinski definition) is 5. The highest BCUT2D eigenvalue weighted by molar-refractivity contribution is 14.0. The first-order valence-corrected chi connectivity index (χ1v) is 11.4. The summed E-state index contributed by atoms with van der Waals surface area (Å²) < 4.78 is 32.3. The molecule has 0 radical (unpaired) electrons. The average molecular weight is 543 g/mol. The highest BCUT2D eigenvalue weighted by Gasteiger charge is 2.28. The zero-order valence-electron chi connectivity index (χ0n) is 16.9. The molecule has 10 heteroatoms. The van der Waals surface area contributed by atoms with Crippen LogP contribution in [0.2, 0.25) is 0 Å². The Hall–Kier alpha value is -0.560. The maximum atomic E-state index is 12.4. The minimum Gasteiger partial charge on any atom is -0.383 e. The summed E-state index contributed by atoms with van der Waals surface area (Å²) in [6.45, 7) is 7.45. The van der Waals surface area contributed by atoms with E-state index in [1.54, 1.807) is 25.2 Å². The minimum atomic E-state index is -3.54. The number of guanidine groups is 1. The number of aliphatic imine (C=N–C) groups is 1. The van der Waals surface area contributed by atoms with Crippen LogP contribution in [0.1, 0.15) is 19.4 Å². The first-order valence-electron chi connectivity index (χ1n) is 8.94. The number of methoxy groups -OCH3 is 1. The molecule has 160 valence electrons. The van der Waals surface area contributed by atoms with E-state index in [0.717, 1.165) is 30.4 Å². The number of thioether (sulfide) groups is 1. The number of halogens is 1. The fourth-order valence-corrected chi connectivity index (χ4v) is 5.09. The largest absolute Gasteiger partial charge is 0.383 e. The van der Waals surface area contributed by atoms with Gasteiger partial charge in [0.25, 0.3) is 0 Å². The molecule has 1 aromatic rings. The Morgan fingerprint density at radius 2 is 2.14 bits per heavy atom. The normalized spacial score (nSPS) is 17.1. The van der Waals surface area contributed by atoms with Gasteiger partial charge in [-0.05, 0) is 31.5 Å². The highest BCUT2D eigenvalue weighted by Crippen LogP contribution is 2.29. The van der Waals surface area contributed by atoms with Crippen LogP contribution in [0.3, 0.4) is 0 Å².